The first-order valence-electron chi connectivity index (χ1n) is 6.44. The van der Waals surface area contributed by atoms with E-state index in [0.29, 0.717) is 0 Å². The van der Waals surface area contributed by atoms with E-state index in [1.54, 1.807) is 12.3 Å². The van der Waals surface area contributed by atoms with Crippen molar-refractivity contribution in [3.8, 4) is 11.6 Å². The van der Waals surface area contributed by atoms with Crippen molar-refractivity contribution >= 4 is 5.97 Å². The highest BCUT2D eigenvalue weighted by Crippen LogP contribution is 2.27. The van der Waals surface area contributed by atoms with Gasteiger partial charge in [-0.2, -0.15) is 0 Å². The molecule has 0 spiro atoms. The van der Waals surface area contributed by atoms with Gasteiger partial charge < -0.3 is 9.84 Å². The topological polar surface area (TPSA) is 59.4 Å². The molecule has 0 amide bonds. The summed E-state index contributed by atoms with van der Waals surface area (Å²) in [6.07, 6.45) is 1.68. The Morgan fingerprint density at radius 3 is 2.48 bits per heavy atom. The van der Waals surface area contributed by atoms with E-state index in [4.69, 9.17) is 9.84 Å². The fraction of sp³-hybridized carbons (Fsp3) is 0.250. The van der Waals surface area contributed by atoms with Crippen LogP contribution in [0.3, 0.4) is 0 Å². The van der Waals surface area contributed by atoms with Crippen LogP contribution in [-0.4, -0.2) is 16.1 Å². The van der Waals surface area contributed by atoms with Crippen LogP contribution in [0.2, 0.25) is 0 Å². The number of halogens is 1. The molecule has 0 unspecified atom stereocenters. The lowest BCUT2D eigenvalue weighted by molar-refractivity contribution is 0.0693. The zero-order valence-corrected chi connectivity index (χ0v) is 12.1. The summed E-state index contributed by atoms with van der Waals surface area (Å²) >= 11 is 0. The van der Waals surface area contributed by atoms with Crippen LogP contribution >= 0.6 is 0 Å². The number of benzene rings is 1. The molecule has 0 saturated carbocycles. The summed E-state index contributed by atoms with van der Waals surface area (Å²) in [4.78, 5) is 15.2. The molecule has 1 heterocycles. The lowest BCUT2D eigenvalue weighted by Crippen LogP contribution is -2.11. The molecule has 110 valence electrons. The van der Waals surface area contributed by atoms with Crippen LogP contribution in [-0.2, 0) is 5.41 Å². The van der Waals surface area contributed by atoms with Gasteiger partial charge in [-0.05, 0) is 29.2 Å². The highest BCUT2D eigenvalue weighted by Gasteiger charge is 2.16. The Labute approximate surface area is 122 Å². The number of pyridine rings is 1. The molecule has 0 atom stereocenters. The molecule has 0 saturated heterocycles. The molecule has 0 radical (unpaired) electrons. The van der Waals surface area contributed by atoms with E-state index in [2.05, 4.69) is 25.8 Å². The van der Waals surface area contributed by atoms with E-state index in [0.717, 1.165) is 17.7 Å². The van der Waals surface area contributed by atoms with Crippen LogP contribution in [0, 0.1) is 5.82 Å². The van der Waals surface area contributed by atoms with Gasteiger partial charge in [0.2, 0.25) is 5.88 Å². The second-order valence-electron chi connectivity index (χ2n) is 5.68. The normalized spacial score (nSPS) is 11.2. The Hall–Kier alpha value is -2.43. The van der Waals surface area contributed by atoms with E-state index >= 15 is 0 Å². The molecule has 0 aliphatic rings. The minimum Gasteiger partial charge on any atom is -0.478 e. The van der Waals surface area contributed by atoms with Gasteiger partial charge in [0, 0.05) is 12.3 Å². The SMILES string of the molecule is CC(C)(C)c1ccc(Oc2ccc(F)cc2C(=O)O)nc1. The third-order valence-corrected chi connectivity index (χ3v) is 2.99. The molecule has 0 aliphatic heterocycles. The number of aromatic carboxylic acids is 1. The minimum absolute atomic E-state index is 0.0341. The van der Waals surface area contributed by atoms with Gasteiger partial charge >= 0.3 is 5.97 Å². The van der Waals surface area contributed by atoms with E-state index in [-0.39, 0.29) is 22.6 Å². The fourth-order valence-electron chi connectivity index (χ4n) is 1.76. The Bertz CT molecular complexity index is 660. The number of aromatic nitrogens is 1. The first-order valence-corrected chi connectivity index (χ1v) is 6.44. The van der Waals surface area contributed by atoms with Crippen molar-refractivity contribution in [1.29, 1.82) is 0 Å². The molecule has 5 heteroatoms. The zero-order valence-electron chi connectivity index (χ0n) is 12.1. The van der Waals surface area contributed by atoms with Crippen molar-refractivity contribution in [2.75, 3.05) is 0 Å². The monoisotopic (exact) mass is 289 g/mol. The van der Waals surface area contributed by atoms with Gasteiger partial charge in [-0.25, -0.2) is 14.2 Å². The average molecular weight is 289 g/mol. The first-order chi connectivity index (χ1) is 9.77. The molecule has 21 heavy (non-hydrogen) atoms. The number of hydrogen-bond donors (Lipinski definition) is 1. The molecule has 4 nitrogen and oxygen atoms in total. The summed E-state index contributed by atoms with van der Waals surface area (Å²) in [5, 5.41) is 9.05. The Morgan fingerprint density at radius 1 is 1.24 bits per heavy atom. The molecule has 1 N–H and O–H groups in total. The Balaban J connectivity index is 2.28. The van der Waals surface area contributed by atoms with Crippen LogP contribution in [0.1, 0.15) is 36.7 Å². The van der Waals surface area contributed by atoms with Crippen LogP contribution in [0.4, 0.5) is 4.39 Å². The highest BCUT2D eigenvalue weighted by molar-refractivity contribution is 5.90. The summed E-state index contributed by atoms with van der Waals surface area (Å²) in [6.45, 7) is 6.19. The molecule has 2 rings (SSSR count). The van der Waals surface area contributed by atoms with Gasteiger partial charge in [0.1, 0.15) is 17.1 Å². The summed E-state index contributed by atoms with van der Waals surface area (Å²) < 4.78 is 18.5. The number of carbonyl (C=O) groups is 1. The maximum atomic E-state index is 13.1. The van der Waals surface area contributed by atoms with Crippen LogP contribution < -0.4 is 4.74 Å². The summed E-state index contributed by atoms with van der Waals surface area (Å²) in [7, 11) is 0. The number of nitrogens with zero attached hydrogens (tertiary/aromatic N) is 1. The maximum Gasteiger partial charge on any atom is 0.339 e. The maximum absolute atomic E-state index is 13.1. The van der Waals surface area contributed by atoms with Gasteiger partial charge in [0.25, 0.3) is 0 Å². The van der Waals surface area contributed by atoms with E-state index in [1.807, 2.05) is 6.07 Å². The first kappa shape index (κ1) is 15.0. The van der Waals surface area contributed by atoms with Crippen molar-refractivity contribution < 1.29 is 19.0 Å². The number of carboxylic acid groups (broad SMARTS) is 1. The number of hydrogen-bond acceptors (Lipinski definition) is 3. The zero-order chi connectivity index (χ0) is 15.6. The van der Waals surface area contributed by atoms with Crippen molar-refractivity contribution in [2.24, 2.45) is 0 Å². The summed E-state index contributed by atoms with van der Waals surface area (Å²) in [5.41, 5.74) is 0.761. The lowest BCUT2D eigenvalue weighted by Gasteiger charge is -2.18. The quantitative estimate of drug-likeness (QED) is 0.927. The smallest absolute Gasteiger partial charge is 0.339 e. The van der Waals surface area contributed by atoms with Gasteiger partial charge in [0.15, 0.2) is 0 Å². The highest BCUT2D eigenvalue weighted by atomic mass is 19.1. The van der Waals surface area contributed by atoms with E-state index < -0.39 is 11.8 Å². The second-order valence-corrected chi connectivity index (χ2v) is 5.68. The third-order valence-electron chi connectivity index (χ3n) is 2.99. The predicted octanol–water partition coefficient (Wildman–Crippen LogP) is 4.01. The predicted molar refractivity (Wildman–Crippen MR) is 76.4 cm³/mol. The third kappa shape index (κ3) is 3.56. The van der Waals surface area contributed by atoms with Crippen molar-refractivity contribution in [3.63, 3.8) is 0 Å². The van der Waals surface area contributed by atoms with Gasteiger partial charge in [0.05, 0.1) is 0 Å². The fourth-order valence-corrected chi connectivity index (χ4v) is 1.76. The van der Waals surface area contributed by atoms with Crippen LogP contribution in [0.15, 0.2) is 36.5 Å². The lowest BCUT2D eigenvalue weighted by atomic mass is 9.88. The van der Waals surface area contributed by atoms with E-state index in [9.17, 15) is 9.18 Å². The van der Waals surface area contributed by atoms with Crippen molar-refractivity contribution in [2.45, 2.75) is 26.2 Å². The molecule has 0 bridgehead atoms. The Morgan fingerprint density at radius 2 is 1.95 bits per heavy atom. The molecule has 1 aromatic heterocycles. The molecule has 2 aromatic rings. The minimum atomic E-state index is -1.25. The molecule has 0 fully saturated rings. The van der Waals surface area contributed by atoms with Crippen LogP contribution in [0.25, 0.3) is 0 Å². The summed E-state index contributed by atoms with van der Waals surface area (Å²) in [6, 6.07) is 6.87. The second kappa shape index (κ2) is 5.52. The number of ether oxygens (including phenoxy) is 1. The van der Waals surface area contributed by atoms with E-state index in [1.165, 1.54) is 6.07 Å². The van der Waals surface area contributed by atoms with Crippen LogP contribution in [0.5, 0.6) is 11.6 Å². The molecular formula is C16H16FNO3. The van der Waals surface area contributed by atoms with Gasteiger partial charge in [-0.15, -0.1) is 0 Å². The summed E-state index contributed by atoms with van der Waals surface area (Å²) in [5.74, 6) is -1.57. The average Bonchev–Trinajstić information content (AvgIpc) is 2.40. The largest absolute Gasteiger partial charge is 0.478 e. The number of carboxylic acids is 1. The number of rotatable bonds is 3. The molecule has 1 aromatic carbocycles. The van der Waals surface area contributed by atoms with Gasteiger partial charge in [-0.3, -0.25) is 0 Å². The van der Waals surface area contributed by atoms with Crippen molar-refractivity contribution in [1.82, 2.24) is 4.98 Å². The van der Waals surface area contributed by atoms with Gasteiger partial charge in [-0.1, -0.05) is 26.8 Å². The van der Waals surface area contributed by atoms with Crippen molar-refractivity contribution in [3.05, 3.63) is 53.5 Å². The molecule has 0 aliphatic carbocycles. The molecular weight excluding hydrogens is 273 g/mol. The Kier molecular flexibility index (Phi) is 3.93. The standard InChI is InChI=1S/C16H16FNO3/c1-16(2,3)10-4-7-14(18-9-10)21-13-6-5-11(17)8-12(13)15(19)20/h4-9H,1-3H3,(H,19,20).